The maximum Gasteiger partial charge on any atom is 0.0754 e. The van der Waals surface area contributed by atoms with Crippen LogP contribution in [-0.2, 0) is 12.0 Å². The Morgan fingerprint density at radius 1 is 1.20 bits per heavy atom. The lowest BCUT2D eigenvalue weighted by molar-refractivity contribution is -0.0370. The quantitative estimate of drug-likeness (QED) is 0.656. The van der Waals surface area contributed by atoms with Crippen molar-refractivity contribution < 1.29 is 0 Å². The molecule has 3 atom stereocenters. The average molecular weight is 335 g/mol. The zero-order chi connectivity index (χ0) is 17.6. The molecule has 2 nitrogen and oxygen atoms in total. The van der Waals surface area contributed by atoms with Crippen molar-refractivity contribution in [3.05, 3.63) is 47.3 Å². The van der Waals surface area contributed by atoms with E-state index in [0.717, 1.165) is 6.54 Å². The van der Waals surface area contributed by atoms with Crippen molar-refractivity contribution in [3.63, 3.8) is 0 Å². The Balaban J connectivity index is 1.91. The monoisotopic (exact) mass is 334 g/mol. The largest absolute Gasteiger partial charge is 0.368 e. The Labute approximate surface area is 151 Å². The average Bonchev–Trinajstić information content (AvgIpc) is 2.93. The van der Waals surface area contributed by atoms with Gasteiger partial charge in [-0.1, -0.05) is 37.6 Å². The van der Waals surface area contributed by atoms with E-state index in [0.29, 0.717) is 17.4 Å². The molecule has 0 radical (unpaired) electrons. The molecule has 0 saturated carbocycles. The third-order valence-corrected chi connectivity index (χ3v) is 7.72. The molecule has 3 unspecified atom stereocenters. The van der Waals surface area contributed by atoms with Crippen LogP contribution in [0.2, 0.25) is 0 Å². The highest BCUT2D eigenvalue weighted by atomic mass is 15.2. The number of nitrogens with zero attached hydrogens (tertiary/aromatic N) is 2. The van der Waals surface area contributed by atoms with Crippen LogP contribution in [0.5, 0.6) is 0 Å². The lowest BCUT2D eigenvalue weighted by Crippen LogP contribution is -2.56. The lowest BCUT2D eigenvalue weighted by atomic mass is 9.56. The van der Waals surface area contributed by atoms with Crippen LogP contribution in [-0.4, -0.2) is 16.0 Å². The summed E-state index contributed by atoms with van der Waals surface area (Å²) in [7, 11) is 0. The molecule has 3 aliphatic rings. The molecule has 1 aromatic heterocycles. The van der Waals surface area contributed by atoms with Gasteiger partial charge in [0, 0.05) is 34.1 Å². The highest BCUT2D eigenvalue weighted by Crippen LogP contribution is 2.63. The summed E-state index contributed by atoms with van der Waals surface area (Å²) < 4.78 is 2.71. The highest BCUT2D eigenvalue weighted by molar-refractivity contribution is 5.87. The summed E-state index contributed by atoms with van der Waals surface area (Å²) in [5.41, 5.74) is 6.78. The van der Waals surface area contributed by atoms with Crippen molar-refractivity contribution >= 4 is 10.9 Å². The van der Waals surface area contributed by atoms with Gasteiger partial charge in [0.2, 0.25) is 0 Å². The van der Waals surface area contributed by atoms with Gasteiger partial charge in [-0.05, 0) is 63.8 Å². The second-order valence-electron chi connectivity index (χ2n) is 9.28. The molecule has 132 valence electrons. The summed E-state index contributed by atoms with van der Waals surface area (Å²) in [6, 6.07) is 9.65. The number of fused-ring (bicyclic) bond motifs is 3. The summed E-state index contributed by atoms with van der Waals surface area (Å²) in [6.45, 7) is 13.4. The van der Waals surface area contributed by atoms with E-state index < -0.39 is 0 Å². The number of hydrogen-bond donors (Lipinski definition) is 0. The predicted molar refractivity (Wildman–Crippen MR) is 105 cm³/mol. The van der Waals surface area contributed by atoms with Gasteiger partial charge in [-0.2, -0.15) is 0 Å². The topological polar surface area (TPSA) is 8.17 Å². The molecule has 2 aromatic rings. The molecule has 25 heavy (non-hydrogen) atoms. The molecule has 1 aromatic carbocycles. The minimum absolute atomic E-state index is 0.161. The van der Waals surface area contributed by atoms with Crippen molar-refractivity contribution in [1.82, 2.24) is 9.47 Å². The first-order valence-electron chi connectivity index (χ1n) is 9.97. The third-order valence-electron chi connectivity index (χ3n) is 7.72. The van der Waals surface area contributed by atoms with Gasteiger partial charge in [-0.15, -0.1) is 0 Å². The van der Waals surface area contributed by atoms with Crippen LogP contribution in [0.15, 0.2) is 36.0 Å². The van der Waals surface area contributed by atoms with E-state index in [-0.39, 0.29) is 5.54 Å². The van der Waals surface area contributed by atoms with Crippen LogP contribution >= 0.6 is 0 Å². The van der Waals surface area contributed by atoms with Crippen LogP contribution in [0, 0.1) is 11.3 Å². The Hall–Kier alpha value is -1.70. The van der Waals surface area contributed by atoms with Gasteiger partial charge in [0.1, 0.15) is 0 Å². The number of hydrogen-bond acceptors (Lipinski definition) is 1. The Morgan fingerprint density at radius 2 is 1.96 bits per heavy atom. The van der Waals surface area contributed by atoms with E-state index in [2.05, 4.69) is 74.6 Å². The standard InChI is InChI=1S/C23H30N2/c1-6-23-14-22(4,5)25-19-10-8-7-9-17(19)18-11-12-24(21(23)20(18)25)13-15(2)16(23)3/h7-10,13,16,21H,6,11-12,14H2,1-5H3. The second kappa shape index (κ2) is 4.72. The van der Waals surface area contributed by atoms with Gasteiger partial charge >= 0.3 is 0 Å². The number of para-hydroxylation sites is 1. The second-order valence-corrected chi connectivity index (χ2v) is 9.28. The van der Waals surface area contributed by atoms with E-state index in [1.54, 1.807) is 16.8 Å². The number of rotatable bonds is 1. The van der Waals surface area contributed by atoms with Crippen LogP contribution in [0.4, 0.5) is 0 Å². The Kier molecular flexibility index (Phi) is 2.93. The Morgan fingerprint density at radius 3 is 2.72 bits per heavy atom. The zero-order valence-electron chi connectivity index (χ0n) is 16.3. The van der Waals surface area contributed by atoms with Crippen LogP contribution in [0.25, 0.3) is 10.9 Å². The summed E-state index contributed by atoms with van der Waals surface area (Å²) in [5.74, 6) is 0.649. The van der Waals surface area contributed by atoms with Crippen molar-refractivity contribution in [1.29, 1.82) is 0 Å². The fraction of sp³-hybridized carbons (Fsp3) is 0.565. The van der Waals surface area contributed by atoms with Gasteiger partial charge in [0.15, 0.2) is 0 Å². The first kappa shape index (κ1) is 15.5. The molecular formula is C23H30N2. The van der Waals surface area contributed by atoms with E-state index in [9.17, 15) is 0 Å². The molecule has 0 aliphatic carbocycles. The molecule has 0 spiro atoms. The van der Waals surface area contributed by atoms with Crippen LogP contribution < -0.4 is 0 Å². The van der Waals surface area contributed by atoms with Gasteiger partial charge in [0.05, 0.1) is 6.04 Å². The summed E-state index contributed by atoms with van der Waals surface area (Å²) in [4.78, 5) is 2.69. The van der Waals surface area contributed by atoms with Crippen molar-refractivity contribution in [3.8, 4) is 0 Å². The van der Waals surface area contributed by atoms with Gasteiger partial charge in [-0.25, -0.2) is 0 Å². The molecule has 0 fully saturated rings. The number of allylic oxidation sites excluding steroid dienone is 1. The van der Waals surface area contributed by atoms with Gasteiger partial charge in [0.25, 0.3) is 0 Å². The molecule has 0 saturated heterocycles. The summed E-state index contributed by atoms with van der Waals surface area (Å²) in [6.07, 6.45) is 6.17. The first-order valence-corrected chi connectivity index (χ1v) is 9.97. The maximum absolute atomic E-state index is 2.71. The van der Waals surface area contributed by atoms with Crippen molar-refractivity contribution in [2.24, 2.45) is 11.3 Å². The molecule has 3 aliphatic heterocycles. The number of aromatic nitrogens is 1. The molecule has 4 heterocycles. The maximum atomic E-state index is 2.71. The van der Waals surface area contributed by atoms with Crippen LogP contribution in [0.1, 0.15) is 64.8 Å². The molecule has 0 amide bonds. The van der Waals surface area contributed by atoms with Crippen LogP contribution in [0.3, 0.4) is 0 Å². The minimum atomic E-state index is 0.161. The van der Waals surface area contributed by atoms with E-state index in [1.807, 2.05) is 0 Å². The first-order chi connectivity index (χ1) is 11.9. The molecule has 0 N–H and O–H groups in total. The summed E-state index contributed by atoms with van der Waals surface area (Å²) in [5, 5.41) is 1.50. The van der Waals surface area contributed by atoms with Gasteiger partial charge < -0.3 is 9.47 Å². The summed E-state index contributed by atoms with van der Waals surface area (Å²) >= 11 is 0. The van der Waals surface area contributed by atoms with E-state index >= 15 is 0 Å². The van der Waals surface area contributed by atoms with Gasteiger partial charge in [-0.3, -0.25) is 0 Å². The molecule has 0 bridgehead atoms. The fourth-order valence-electron chi connectivity index (χ4n) is 6.62. The SMILES string of the molecule is CCC12CC(C)(C)n3c4c(c5ccccc53)CCN(C=C(C)C1C)C42. The molecular weight excluding hydrogens is 304 g/mol. The number of benzene rings is 1. The zero-order valence-corrected chi connectivity index (χ0v) is 16.3. The third kappa shape index (κ3) is 1.71. The molecule has 2 heteroatoms. The predicted octanol–water partition coefficient (Wildman–Crippen LogP) is 5.63. The van der Waals surface area contributed by atoms with Crippen molar-refractivity contribution in [2.45, 2.75) is 65.5 Å². The Bertz CT molecular complexity index is 900. The van der Waals surface area contributed by atoms with Crippen molar-refractivity contribution in [2.75, 3.05) is 6.54 Å². The smallest absolute Gasteiger partial charge is 0.0754 e. The fourth-order valence-corrected chi connectivity index (χ4v) is 6.62. The van der Waals surface area contributed by atoms with E-state index in [1.165, 1.54) is 30.2 Å². The highest BCUT2D eigenvalue weighted by Gasteiger charge is 2.57. The minimum Gasteiger partial charge on any atom is -0.368 e. The molecule has 5 rings (SSSR count). The van der Waals surface area contributed by atoms with E-state index in [4.69, 9.17) is 0 Å². The normalized spacial score (nSPS) is 32.5. The lowest BCUT2D eigenvalue weighted by Gasteiger charge is -2.61.